The van der Waals surface area contributed by atoms with Gasteiger partial charge in [0.25, 0.3) is 0 Å². The summed E-state index contributed by atoms with van der Waals surface area (Å²) in [5.74, 6) is -0.0531. The van der Waals surface area contributed by atoms with Crippen LogP contribution in [0.1, 0.15) is 21.6 Å². The Morgan fingerprint density at radius 2 is 1.84 bits per heavy atom. The number of nitrogens with zero attached hydrogens (tertiary/aromatic N) is 4. The number of rotatable bonds is 6. The van der Waals surface area contributed by atoms with Crippen LogP contribution in [0.3, 0.4) is 0 Å². The summed E-state index contributed by atoms with van der Waals surface area (Å²) in [4.78, 5) is 17.0. The number of aromatic amines is 1. The smallest absolute Gasteiger partial charge is 0.188 e. The molecule has 0 atom stereocenters. The van der Waals surface area contributed by atoms with Gasteiger partial charge in [0.2, 0.25) is 0 Å². The van der Waals surface area contributed by atoms with E-state index in [0.717, 1.165) is 33.2 Å². The second kappa shape index (κ2) is 8.16. The van der Waals surface area contributed by atoms with E-state index in [9.17, 15) is 4.79 Å². The Bertz CT molecular complexity index is 1370. The van der Waals surface area contributed by atoms with Crippen molar-refractivity contribution in [2.24, 2.45) is 0 Å². The van der Waals surface area contributed by atoms with Gasteiger partial charge in [0.1, 0.15) is 5.69 Å². The molecule has 0 bridgehead atoms. The zero-order chi connectivity index (χ0) is 21.2. The first-order valence-electron chi connectivity index (χ1n) is 9.83. The van der Waals surface area contributed by atoms with E-state index >= 15 is 0 Å². The van der Waals surface area contributed by atoms with Gasteiger partial charge in [0.05, 0.1) is 23.3 Å². The molecule has 7 heteroatoms. The predicted molar refractivity (Wildman–Crippen MR) is 120 cm³/mol. The van der Waals surface area contributed by atoms with E-state index in [-0.39, 0.29) is 12.2 Å². The number of nitrogens with one attached hydrogen (secondary N) is 1. The van der Waals surface area contributed by atoms with Crippen LogP contribution in [0.25, 0.3) is 22.0 Å². The van der Waals surface area contributed by atoms with Crippen molar-refractivity contribution in [3.8, 4) is 11.1 Å². The zero-order valence-corrected chi connectivity index (χ0v) is 17.3. The molecule has 0 radical (unpaired) electrons. The van der Waals surface area contributed by atoms with Gasteiger partial charge >= 0.3 is 0 Å². The number of fused-ring (bicyclic) bond motifs is 1. The minimum Gasteiger partial charge on any atom is -0.292 e. The van der Waals surface area contributed by atoms with Crippen LogP contribution in [-0.2, 0) is 13.0 Å². The fourth-order valence-electron chi connectivity index (χ4n) is 3.61. The second-order valence-electron chi connectivity index (χ2n) is 7.36. The van der Waals surface area contributed by atoms with E-state index in [1.165, 1.54) is 0 Å². The number of Topliss-reactive ketones (excluding diaryl/α,β-unsaturated/α-hetero) is 1. The van der Waals surface area contributed by atoms with Gasteiger partial charge in [-0.25, -0.2) is 0 Å². The normalized spacial score (nSPS) is 11.1. The molecule has 0 aliphatic carbocycles. The van der Waals surface area contributed by atoms with Gasteiger partial charge in [-0.1, -0.05) is 48.0 Å². The average molecular weight is 428 g/mol. The highest BCUT2D eigenvalue weighted by Crippen LogP contribution is 2.26. The van der Waals surface area contributed by atoms with Crippen molar-refractivity contribution >= 4 is 28.3 Å². The van der Waals surface area contributed by atoms with Crippen molar-refractivity contribution in [2.45, 2.75) is 13.0 Å². The summed E-state index contributed by atoms with van der Waals surface area (Å²) >= 11 is 6.05. The van der Waals surface area contributed by atoms with E-state index in [1.54, 1.807) is 18.6 Å². The lowest BCUT2D eigenvalue weighted by molar-refractivity contribution is 0.0989. The number of ketones is 1. The Morgan fingerprint density at radius 1 is 0.968 bits per heavy atom. The first-order valence-corrected chi connectivity index (χ1v) is 10.2. The molecule has 0 saturated carbocycles. The van der Waals surface area contributed by atoms with Crippen LogP contribution in [0.5, 0.6) is 0 Å². The molecule has 3 heterocycles. The summed E-state index contributed by atoms with van der Waals surface area (Å²) in [7, 11) is 0. The van der Waals surface area contributed by atoms with Gasteiger partial charge in [-0.15, -0.1) is 0 Å². The van der Waals surface area contributed by atoms with E-state index < -0.39 is 0 Å². The number of hydrogen-bond acceptors (Lipinski definition) is 4. The quantitative estimate of drug-likeness (QED) is 0.389. The zero-order valence-electron chi connectivity index (χ0n) is 16.5. The molecule has 6 nitrogen and oxygen atoms in total. The Kier molecular flexibility index (Phi) is 5.06. The number of halogens is 1. The molecule has 152 valence electrons. The van der Waals surface area contributed by atoms with Gasteiger partial charge in [0.15, 0.2) is 5.78 Å². The molecule has 5 rings (SSSR count). The van der Waals surface area contributed by atoms with Gasteiger partial charge in [0, 0.05) is 36.0 Å². The highest BCUT2D eigenvalue weighted by atomic mass is 35.5. The summed E-state index contributed by atoms with van der Waals surface area (Å²) in [6, 6.07) is 17.7. The predicted octanol–water partition coefficient (Wildman–Crippen LogP) is 4.95. The highest BCUT2D eigenvalue weighted by molar-refractivity contribution is 6.30. The molecule has 2 aromatic carbocycles. The Hall–Kier alpha value is -3.77. The number of carbonyl (C=O) groups is 1. The number of H-pyrrole nitrogens is 1. The van der Waals surface area contributed by atoms with Crippen molar-refractivity contribution < 1.29 is 4.79 Å². The summed E-state index contributed by atoms with van der Waals surface area (Å²) in [5, 5.41) is 13.0. The molecule has 0 fully saturated rings. The third kappa shape index (κ3) is 4.11. The SMILES string of the molecule is O=C(Cc1cnn(Cc2ccccc2)c1)c1n[nH]c2cc(-c3cncc(Cl)c3)ccc12. The standard InChI is InChI=1S/C24H18ClN5O/c25-20-9-19(12-26-13-20)18-6-7-21-22(10-18)28-29-24(21)23(31)8-17-11-27-30(15-17)14-16-4-2-1-3-5-16/h1-7,9-13,15H,8,14H2,(H,28,29). The van der Waals surface area contributed by atoms with Crippen LogP contribution in [-0.4, -0.2) is 30.7 Å². The van der Waals surface area contributed by atoms with E-state index in [1.807, 2.05) is 53.3 Å². The number of hydrogen-bond donors (Lipinski definition) is 1. The lowest BCUT2D eigenvalue weighted by Gasteiger charge is -2.02. The van der Waals surface area contributed by atoms with Crippen molar-refractivity contribution in [3.63, 3.8) is 0 Å². The molecule has 0 aliphatic heterocycles. The molecule has 0 saturated heterocycles. The average Bonchev–Trinajstić information content (AvgIpc) is 3.40. The maximum atomic E-state index is 12.9. The van der Waals surface area contributed by atoms with Crippen LogP contribution >= 0.6 is 11.6 Å². The second-order valence-corrected chi connectivity index (χ2v) is 7.79. The Labute approximate surface area is 183 Å². The molecule has 1 N–H and O–H groups in total. The summed E-state index contributed by atoms with van der Waals surface area (Å²) in [5.41, 5.74) is 5.10. The first kappa shape index (κ1) is 19.2. The van der Waals surface area contributed by atoms with E-state index in [0.29, 0.717) is 17.3 Å². The maximum absolute atomic E-state index is 12.9. The first-order chi connectivity index (χ1) is 15.2. The minimum atomic E-state index is -0.0531. The lowest BCUT2D eigenvalue weighted by atomic mass is 10.0. The van der Waals surface area contributed by atoms with Crippen molar-refractivity contribution in [1.29, 1.82) is 0 Å². The summed E-state index contributed by atoms with van der Waals surface area (Å²) < 4.78 is 1.84. The maximum Gasteiger partial charge on any atom is 0.188 e. The third-order valence-electron chi connectivity index (χ3n) is 5.10. The summed E-state index contributed by atoms with van der Waals surface area (Å²) in [6.07, 6.45) is 7.24. The molecular formula is C24H18ClN5O. The third-order valence-corrected chi connectivity index (χ3v) is 5.31. The number of carbonyl (C=O) groups excluding carboxylic acids is 1. The van der Waals surface area contributed by atoms with Crippen LogP contribution in [0.15, 0.2) is 79.4 Å². The largest absolute Gasteiger partial charge is 0.292 e. The molecule has 0 spiro atoms. The van der Waals surface area contributed by atoms with Gasteiger partial charge in [-0.05, 0) is 34.9 Å². The fourth-order valence-corrected chi connectivity index (χ4v) is 3.78. The van der Waals surface area contributed by atoms with Crippen LogP contribution in [0.4, 0.5) is 0 Å². The van der Waals surface area contributed by atoms with Gasteiger partial charge in [-0.3, -0.25) is 19.6 Å². The summed E-state index contributed by atoms with van der Waals surface area (Å²) in [6.45, 7) is 0.668. The van der Waals surface area contributed by atoms with Crippen molar-refractivity contribution in [2.75, 3.05) is 0 Å². The Balaban J connectivity index is 1.34. The van der Waals surface area contributed by atoms with E-state index in [2.05, 4.69) is 32.4 Å². The molecule has 5 aromatic rings. The monoisotopic (exact) mass is 427 g/mol. The number of benzene rings is 2. The van der Waals surface area contributed by atoms with Crippen LogP contribution in [0.2, 0.25) is 5.02 Å². The van der Waals surface area contributed by atoms with Crippen molar-refractivity contribution in [3.05, 3.63) is 101 Å². The van der Waals surface area contributed by atoms with Crippen LogP contribution < -0.4 is 0 Å². The topological polar surface area (TPSA) is 76.5 Å². The highest BCUT2D eigenvalue weighted by Gasteiger charge is 2.16. The minimum absolute atomic E-state index is 0.0531. The molecule has 0 amide bonds. The van der Waals surface area contributed by atoms with Gasteiger partial charge in [-0.2, -0.15) is 10.2 Å². The van der Waals surface area contributed by atoms with Gasteiger partial charge < -0.3 is 0 Å². The lowest BCUT2D eigenvalue weighted by Crippen LogP contribution is -2.04. The molecular weight excluding hydrogens is 410 g/mol. The Morgan fingerprint density at radius 3 is 2.68 bits per heavy atom. The van der Waals surface area contributed by atoms with Crippen LogP contribution in [0, 0.1) is 0 Å². The molecule has 0 unspecified atom stereocenters. The number of pyridine rings is 1. The van der Waals surface area contributed by atoms with E-state index in [4.69, 9.17) is 11.6 Å². The fraction of sp³-hybridized carbons (Fsp3) is 0.0833. The molecule has 0 aliphatic rings. The molecule has 3 aromatic heterocycles. The molecule has 31 heavy (non-hydrogen) atoms. The van der Waals surface area contributed by atoms with Crippen molar-refractivity contribution in [1.82, 2.24) is 25.0 Å². The number of aromatic nitrogens is 5.